The van der Waals surface area contributed by atoms with Crippen LogP contribution in [0.1, 0.15) is 24.0 Å². The van der Waals surface area contributed by atoms with Crippen molar-refractivity contribution in [3.05, 3.63) is 29.3 Å². The van der Waals surface area contributed by atoms with Crippen molar-refractivity contribution < 1.29 is 9.53 Å². The van der Waals surface area contributed by atoms with Crippen LogP contribution < -0.4 is 15.4 Å². The monoisotopic (exact) mass is 298 g/mol. The number of benzene rings is 1. The van der Waals surface area contributed by atoms with E-state index < -0.39 is 0 Å². The lowest BCUT2D eigenvalue weighted by Gasteiger charge is -2.14. The number of carbonyl (C=O) groups is 1. The van der Waals surface area contributed by atoms with Gasteiger partial charge in [0.05, 0.1) is 12.6 Å². The molecule has 112 valence electrons. The molecule has 0 radical (unpaired) electrons. The van der Waals surface area contributed by atoms with Crippen LogP contribution >= 0.6 is 12.4 Å². The highest BCUT2D eigenvalue weighted by molar-refractivity contribution is 5.85. The smallest absolute Gasteiger partial charge is 0.237 e. The van der Waals surface area contributed by atoms with E-state index in [0.29, 0.717) is 13.2 Å². The molecule has 0 spiro atoms. The molecule has 1 aliphatic rings. The summed E-state index contributed by atoms with van der Waals surface area (Å²) in [6.45, 7) is 6.05. The highest BCUT2D eigenvalue weighted by Crippen LogP contribution is 2.21. The van der Waals surface area contributed by atoms with Gasteiger partial charge in [0, 0.05) is 0 Å². The Hall–Kier alpha value is -1.26. The van der Waals surface area contributed by atoms with E-state index in [4.69, 9.17) is 4.74 Å². The topological polar surface area (TPSA) is 50.4 Å². The van der Waals surface area contributed by atoms with Gasteiger partial charge in [-0.15, -0.1) is 12.4 Å². The Kier molecular flexibility index (Phi) is 6.82. The maximum absolute atomic E-state index is 11.8. The fourth-order valence-electron chi connectivity index (χ4n) is 2.39. The zero-order chi connectivity index (χ0) is 13.7. The molecule has 1 heterocycles. The Labute approximate surface area is 126 Å². The maximum Gasteiger partial charge on any atom is 0.237 e. The minimum absolute atomic E-state index is 0. The summed E-state index contributed by atoms with van der Waals surface area (Å²) in [5.74, 6) is 1.01. The summed E-state index contributed by atoms with van der Waals surface area (Å²) in [5.41, 5.74) is 2.26. The van der Waals surface area contributed by atoms with Crippen molar-refractivity contribution >= 4 is 18.3 Å². The molecule has 2 rings (SSSR count). The summed E-state index contributed by atoms with van der Waals surface area (Å²) in [6, 6.07) is 6.07. The summed E-state index contributed by atoms with van der Waals surface area (Å²) >= 11 is 0. The first-order valence-electron chi connectivity index (χ1n) is 6.88. The van der Waals surface area contributed by atoms with Crippen LogP contribution in [0.4, 0.5) is 0 Å². The van der Waals surface area contributed by atoms with Crippen LogP contribution in [-0.2, 0) is 4.79 Å². The summed E-state index contributed by atoms with van der Waals surface area (Å²) in [5, 5.41) is 6.09. The van der Waals surface area contributed by atoms with Crippen LogP contribution in [0.15, 0.2) is 18.2 Å². The van der Waals surface area contributed by atoms with E-state index in [-0.39, 0.29) is 24.4 Å². The van der Waals surface area contributed by atoms with Gasteiger partial charge in [0.2, 0.25) is 5.91 Å². The Morgan fingerprint density at radius 2 is 2.10 bits per heavy atom. The molecule has 1 fully saturated rings. The molecule has 0 aromatic heterocycles. The average molecular weight is 299 g/mol. The second-order valence-corrected chi connectivity index (χ2v) is 5.01. The molecule has 0 aliphatic carbocycles. The molecule has 1 atom stereocenters. The quantitative estimate of drug-likeness (QED) is 0.817. The van der Waals surface area contributed by atoms with Gasteiger partial charge in [-0.1, -0.05) is 18.2 Å². The van der Waals surface area contributed by atoms with E-state index in [1.165, 1.54) is 0 Å². The number of hydrogen-bond donors (Lipinski definition) is 2. The van der Waals surface area contributed by atoms with E-state index in [2.05, 4.69) is 10.6 Å². The summed E-state index contributed by atoms with van der Waals surface area (Å²) in [7, 11) is 0. The van der Waals surface area contributed by atoms with E-state index in [1.807, 2.05) is 32.0 Å². The normalized spacial score (nSPS) is 17.4. The molecule has 4 nitrogen and oxygen atoms in total. The zero-order valence-electron chi connectivity index (χ0n) is 12.1. The van der Waals surface area contributed by atoms with Crippen molar-refractivity contribution in [3.8, 4) is 5.75 Å². The second-order valence-electron chi connectivity index (χ2n) is 5.01. The predicted octanol–water partition coefficient (Wildman–Crippen LogP) is 1.97. The molecule has 2 N–H and O–H groups in total. The minimum Gasteiger partial charge on any atom is -0.491 e. The van der Waals surface area contributed by atoms with Gasteiger partial charge in [0.1, 0.15) is 12.4 Å². The highest BCUT2D eigenvalue weighted by Gasteiger charge is 2.21. The Morgan fingerprint density at radius 1 is 1.40 bits per heavy atom. The molecule has 1 unspecified atom stereocenters. The van der Waals surface area contributed by atoms with Crippen LogP contribution in [0.2, 0.25) is 0 Å². The van der Waals surface area contributed by atoms with Crippen LogP contribution in [0, 0.1) is 13.8 Å². The third kappa shape index (κ3) is 4.39. The molecule has 0 bridgehead atoms. The average Bonchev–Trinajstić information content (AvgIpc) is 2.91. The molecule has 0 saturated carbocycles. The predicted molar refractivity (Wildman–Crippen MR) is 82.7 cm³/mol. The van der Waals surface area contributed by atoms with Gasteiger partial charge in [0.25, 0.3) is 0 Å². The summed E-state index contributed by atoms with van der Waals surface area (Å²) in [6.07, 6.45) is 2.01. The number of ether oxygens (including phenoxy) is 1. The first-order chi connectivity index (χ1) is 9.18. The molecule has 1 aromatic rings. The van der Waals surface area contributed by atoms with E-state index >= 15 is 0 Å². The lowest BCUT2D eigenvalue weighted by molar-refractivity contribution is -0.122. The molecule has 1 amide bonds. The lowest BCUT2D eigenvalue weighted by atomic mass is 10.1. The Bertz CT molecular complexity index is 425. The first-order valence-corrected chi connectivity index (χ1v) is 6.88. The number of halogens is 1. The molecule has 20 heavy (non-hydrogen) atoms. The summed E-state index contributed by atoms with van der Waals surface area (Å²) < 4.78 is 5.75. The van der Waals surface area contributed by atoms with Gasteiger partial charge in [-0.3, -0.25) is 4.79 Å². The number of aryl methyl sites for hydroxylation is 2. The maximum atomic E-state index is 11.8. The molecular formula is C15H23ClN2O2. The van der Waals surface area contributed by atoms with Crippen LogP contribution in [-0.4, -0.2) is 31.6 Å². The van der Waals surface area contributed by atoms with Gasteiger partial charge < -0.3 is 15.4 Å². The van der Waals surface area contributed by atoms with Gasteiger partial charge >= 0.3 is 0 Å². The highest BCUT2D eigenvalue weighted by atomic mass is 35.5. The molecule has 1 saturated heterocycles. The first kappa shape index (κ1) is 16.8. The van der Waals surface area contributed by atoms with Gasteiger partial charge in [0.15, 0.2) is 0 Å². The summed E-state index contributed by atoms with van der Waals surface area (Å²) in [4.78, 5) is 11.8. The van der Waals surface area contributed by atoms with Gasteiger partial charge in [-0.25, -0.2) is 0 Å². The van der Waals surface area contributed by atoms with Crippen LogP contribution in [0.25, 0.3) is 0 Å². The SMILES string of the molecule is Cc1cccc(C)c1OCCNC(=O)C1CCCN1.Cl. The Balaban J connectivity index is 0.00000200. The second kappa shape index (κ2) is 8.12. The van der Waals surface area contributed by atoms with Crippen molar-refractivity contribution in [1.29, 1.82) is 0 Å². The zero-order valence-corrected chi connectivity index (χ0v) is 12.9. The van der Waals surface area contributed by atoms with E-state index in [0.717, 1.165) is 36.3 Å². The molecule has 1 aliphatic heterocycles. The lowest BCUT2D eigenvalue weighted by Crippen LogP contribution is -2.41. The minimum atomic E-state index is -0.0137. The number of nitrogens with one attached hydrogen (secondary N) is 2. The van der Waals surface area contributed by atoms with E-state index in [1.54, 1.807) is 0 Å². The van der Waals surface area contributed by atoms with Crippen molar-refractivity contribution in [2.45, 2.75) is 32.7 Å². The van der Waals surface area contributed by atoms with Gasteiger partial charge in [-0.2, -0.15) is 0 Å². The largest absolute Gasteiger partial charge is 0.491 e. The van der Waals surface area contributed by atoms with Crippen LogP contribution in [0.3, 0.4) is 0 Å². The molecular weight excluding hydrogens is 276 g/mol. The van der Waals surface area contributed by atoms with E-state index in [9.17, 15) is 4.79 Å². The number of carbonyl (C=O) groups excluding carboxylic acids is 1. The van der Waals surface area contributed by atoms with Crippen molar-refractivity contribution in [2.75, 3.05) is 19.7 Å². The third-order valence-corrected chi connectivity index (χ3v) is 3.43. The molecule has 5 heteroatoms. The molecule has 1 aromatic carbocycles. The van der Waals surface area contributed by atoms with Crippen molar-refractivity contribution in [1.82, 2.24) is 10.6 Å². The Morgan fingerprint density at radius 3 is 2.70 bits per heavy atom. The number of rotatable bonds is 5. The third-order valence-electron chi connectivity index (χ3n) is 3.43. The van der Waals surface area contributed by atoms with Crippen LogP contribution in [0.5, 0.6) is 5.75 Å². The van der Waals surface area contributed by atoms with Crippen molar-refractivity contribution in [3.63, 3.8) is 0 Å². The number of hydrogen-bond acceptors (Lipinski definition) is 3. The number of amides is 1. The van der Waals surface area contributed by atoms with Crippen molar-refractivity contribution in [2.24, 2.45) is 0 Å². The fraction of sp³-hybridized carbons (Fsp3) is 0.533. The van der Waals surface area contributed by atoms with Gasteiger partial charge in [-0.05, 0) is 44.4 Å². The number of para-hydroxylation sites is 1. The standard InChI is InChI=1S/C15H22N2O2.ClH/c1-11-5-3-6-12(2)14(11)19-10-9-17-15(18)13-7-4-8-16-13;/h3,5-6,13,16H,4,7-10H2,1-2H3,(H,17,18);1H. The fourth-order valence-corrected chi connectivity index (χ4v) is 2.39.